The number of ether oxygens (including phenoxy) is 1. The van der Waals surface area contributed by atoms with Gasteiger partial charge in [-0.1, -0.05) is 6.92 Å². The third kappa shape index (κ3) is 3.63. The molecule has 0 radical (unpaired) electrons. The second-order valence-electron chi connectivity index (χ2n) is 4.67. The number of carboxylic acid groups (broad SMARTS) is 1. The van der Waals surface area contributed by atoms with Crippen molar-refractivity contribution in [3.05, 3.63) is 41.7 Å². The molecule has 0 saturated carbocycles. The van der Waals surface area contributed by atoms with Crippen molar-refractivity contribution in [2.24, 2.45) is 0 Å². The standard InChI is InChI=1S/C15H17N3O4/c1-3-10-8-13(17-16-10)15(21)18(2)11-4-6-12(7-5-11)22-9-14(19)20/h4-8H,3,9H2,1-2H3,(H,16,17)(H,19,20). The summed E-state index contributed by atoms with van der Waals surface area (Å²) in [7, 11) is 1.65. The van der Waals surface area contributed by atoms with Crippen molar-refractivity contribution in [2.75, 3.05) is 18.6 Å². The number of aromatic nitrogens is 2. The number of anilines is 1. The minimum Gasteiger partial charge on any atom is -0.482 e. The molecule has 2 rings (SSSR count). The molecular formula is C15H17N3O4. The van der Waals surface area contributed by atoms with Gasteiger partial charge in [-0.25, -0.2) is 4.79 Å². The fraction of sp³-hybridized carbons (Fsp3) is 0.267. The van der Waals surface area contributed by atoms with Crippen LogP contribution in [0, 0.1) is 0 Å². The quantitative estimate of drug-likeness (QED) is 0.847. The first-order valence-corrected chi connectivity index (χ1v) is 6.78. The van der Waals surface area contributed by atoms with Crippen molar-refractivity contribution in [2.45, 2.75) is 13.3 Å². The van der Waals surface area contributed by atoms with Crippen LogP contribution in [0.5, 0.6) is 5.75 Å². The van der Waals surface area contributed by atoms with Gasteiger partial charge < -0.3 is 14.7 Å². The number of H-pyrrole nitrogens is 1. The Morgan fingerprint density at radius 1 is 1.32 bits per heavy atom. The maximum atomic E-state index is 12.3. The summed E-state index contributed by atoms with van der Waals surface area (Å²) in [5.41, 5.74) is 1.91. The highest BCUT2D eigenvalue weighted by molar-refractivity contribution is 6.04. The Morgan fingerprint density at radius 2 is 2.00 bits per heavy atom. The van der Waals surface area contributed by atoms with Gasteiger partial charge in [0.25, 0.3) is 5.91 Å². The highest BCUT2D eigenvalue weighted by Crippen LogP contribution is 2.20. The van der Waals surface area contributed by atoms with E-state index in [-0.39, 0.29) is 5.91 Å². The molecule has 1 aromatic carbocycles. The molecule has 1 aromatic heterocycles. The van der Waals surface area contributed by atoms with E-state index in [1.54, 1.807) is 37.4 Å². The minimum atomic E-state index is -1.04. The van der Waals surface area contributed by atoms with Crippen LogP contribution in [-0.2, 0) is 11.2 Å². The number of nitrogens with one attached hydrogen (secondary N) is 1. The Hall–Kier alpha value is -2.83. The molecule has 1 heterocycles. The Morgan fingerprint density at radius 3 is 2.55 bits per heavy atom. The predicted octanol–water partition coefficient (Wildman–Crippen LogP) is 1.71. The number of aliphatic carboxylic acids is 1. The van der Waals surface area contributed by atoms with Crippen LogP contribution in [-0.4, -0.2) is 40.8 Å². The zero-order valence-corrected chi connectivity index (χ0v) is 12.4. The fourth-order valence-corrected chi connectivity index (χ4v) is 1.85. The summed E-state index contributed by atoms with van der Waals surface area (Å²) in [6.07, 6.45) is 0.777. The van der Waals surface area contributed by atoms with Gasteiger partial charge in [-0.05, 0) is 36.8 Å². The number of aromatic amines is 1. The molecule has 1 amide bonds. The largest absolute Gasteiger partial charge is 0.482 e. The number of carboxylic acids is 1. The maximum Gasteiger partial charge on any atom is 0.341 e. The number of rotatable bonds is 6. The maximum absolute atomic E-state index is 12.3. The first-order chi connectivity index (χ1) is 10.5. The SMILES string of the molecule is CCc1cc(C(=O)N(C)c2ccc(OCC(=O)O)cc2)n[nH]1. The molecule has 0 spiro atoms. The van der Waals surface area contributed by atoms with Crippen LogP contribution in [0.15, 0.2) is 30.3 Å². The second kappa shape index (κ2) is 6.75. The predicted molar refractivity (Wildman–Crippen MR) is 80.3 cm³/mol. The zero-order chi connectivity index (χ0) is 16.1. The van der Waals surface area contributed by atoms with Gasteiger partial charge in [0.05, 0.1) is 0 Å². The van der Waals surface area contributed by atoms with E-state index in [0.29, 0.717) is 17.1 Å². The van der Waals surface area contributed by atoms with E-state index >= 15 is 0 Å². The minimum absolute atomic E-state index is 0.227. The molecule has 0 saturated heterocycles. The van der Waals surface area contributed by atoms with Crippen molar-refractivity contribution in [1.29, 1.82) is 0 Å². The van der Waals surface area contributed by atoms with Crippen LogP contribution >= 0.6 is 0 Å². The Kier molecular flexibility index (Phi) is 4.77. The average molecular weight is 303 g/mol. The molecule has 0 aliphatic heterocycles. The molecule has 7 nitrogen and oxygen atoms in total. The number of amides is 1. The van der Waals surface area contributed by atoms with Crippen LogP contribution in [0.25, 0.3) is 0 Å². The molecule has 22 heavy (non-hydrogen) atoms. The number of aryl methyl sites for hydroxylation is 1. The summed E-state index contributed by atoms with van der Waals surface area (Å²) in [4.78, 5) is 24.2. The molecule has 0 aliphatic carbocycles. The molecular weight excluding hydrogens is 286 g/mol. The monoisotopic (exact) mass is 303 g/mol. The fourth-order valence-electron chi connectivity index (χ4n) is 1.85. The van der Waals surface area contributed by atoms with Crippen LogP contribution in [0.1, 0.15) is 23.1 Å². The topological polar surface area (TPSA) is 95.5 Å². The van der Waals surface area contributed by atoms with Crippen molar-refractivity contribution >= 4 is 17.6 Å². The molecule has 0 bridgehead atoms. The number of benzene rings is 1. The zero-order valence-electron chi connectivity index (χ0n) is 12.4. The van der Waals surface area contributed by atoms with E-state index in [4.69, 9.17) is 9.84 Å². The molecule has 0 unspecified atom stereocenters. The van der Waals surface area contributed by atoms with Crippen molar-refractivity contribution < 1.29 is 19.4 Å². The summed E-state index contributed by atoms with van der Waals surface area (Å²) < 4.78 is 5.04. The van der Waals surface area contributed by atoms with Gasteiger partial charge in [-0.15, -0.1) is 0 Å². The van der Waals surface area contributed by atoms with Gasteiger partial charge in [-0.3, -0.25) is 9.89 Å². The summed E-state index contributed by atoms with van der Waals surface area (Å²) in [5.74, 6) is -0.836. The molecule has 0 aliphatic rings. The van der Waals surface area contributed by atoms with Gasteiger partial charge in [0.1, 0.15) is 5.75 Å². The number of nitrogens with zero attached hydrogens (tertiary/aromatic N) is 2. The summed E-state index contributed by atoms with van der Waals surface area (Å²) in [5, 5.41) is 15.4. The van der Waals surface area contributed by atoms with Gasteiger partial charge in [0, 0.05) is 18.4 Å². The Labute approximate surface area is 127 Å². The van der Waals surface area contributed by atoms with Crippen molar-refractivity contribution in [3.63, 3.8) is 0 Å². The van der Waals surface area contributed by atoms with Crippen LogP contribution in [0.4, 0.5) is 5.69 Å². The lowest BCUT2D eigenvalue weighted by Crippen LogP contribution is -2.26. The number of carbonyl (C=O) groups is 2. The van der Waals surface area contributed by atoms with Crippen LogP contribution in [0.2, 0.25) is 0 Å². The van der Waals surface area contributed by atoms with Gasteiger partial charge in [0.15, 0.2) is 12.3 Å². The highest BCUT2D eigenvalue weighted by Gasteiger charge is 2.16. The molecule has 0 fully saturated rings. The van der Waals surface area contributed by atoms with Gasteiger partial charge >= 0.3 is 5.97 Å². The normalized spacial score (nSPS) is 10.3. The van der Waals surface area contributed by atoms with Crippen molar-refractivity contribution in [3.8, 4) is 5.75 Å². The van der Waals surface area contributed by atoms with E-state index in [2.05, 4.69) is 10.2 Å². The summed E-state index contributed by atoms with van der Waals surface area (Å²) in [6.45, 7) is 1.57. The first-order valence-electron chi connectivity index (χ1n) is 6.78. The van der Waals surface area contributed by atoms with Crippen molar-refractivity contribution in [1.82, 2.24) is 10.2 Å². The molecule has 2 aromatic rings. The first kappa shape index (κ1) is 15.6. The van der Waals surface area contributed by atoms with Crippen LogP contribution in [0.3, 0.4) is 0 Å². The van der Waals surface area contributed by atoms with Gasteiger partial charge in [-0.2, -0.15) is 5.10 Å². The van der Waals surface area contributed by atoms with E-state index in [1.165, 1.54) is 4.90 Å². The molecule has 0 atom stereocenters. The number of hydrogen-bond donors (Lipinski definition) is 2. The summed E-state index contributed by atoms with van der Waals surface area (Å²) >= 11 is 0. The Bertz CT molecular complexity index is 664. The smallest absolute Gasteiger partial charge is 0.341 e. The number of hydrogen-bond acceptors (Lipinski definition) is 4. The lowest BCUT2D eigenvalue weighted by Gasteiger charge is -2.16. The van der Waals surface area contributed by atoms with E-state index in [1.807, 2.05) is 6.92 Å². The van der Waals surface area contributed by atoms with Crippen LogP contribution < -0.4 is 9.64 Å². The van der Waals surface area contributed by atoms with Gasteiger partial charge in [0.2, 0.25) is 0 Å². The molecule has 2 N–H and O–H groups in total. The third-order valence-electron chi connectivity index (χ3n) is 3.12. The highest BCUT2D eigenvalue weighted by atomic mass is 16.5. The second-order valence-corrected chi connectivity index (χ2v) is 4.67. The lowest BCUT2D eigenvalue weighted by atomic mass is 10.2. The molecule has 7 heteroatoms. The van der Waals surface area contributed by atoms with E-state index in [9.17, 15) is 9.59 Å². The lowest BCUT2D eigenvalue weighted by molar-refractivity contribution is -0.139. The van der Waals surface area contributed by atoms with E-state index < -0.39 is 12.6 Å². The molecule has 116 valence electrons. The summed E-state index contributed by atoms with van der Waals surface area (Å²) in [6, 6.07) is 8.32. The number of carbonyl (C=O) groups excluding carboxylic acids is 1. The Balaban J connectivity index is 2.06. The third-order valence-corrected chi connectivity index (χ3v) is 3.12. The average Bonchev–Trinajstić information content (AvgIpc) is 3.01. The van der Waals surface area contributed by atoms with E-state index in [0.717, 1.165) is 12.1 Å².